The molecule has 0 aromatic heterocycles. The van der Waals surface area contributed by atoms with Gasteiger partial charge in [-0.25, -0.2) is 4.39 Å². The number of thioether (sulfide) groups is 1. The first-order valence-corrected chi connectivity index (χ1v) is 10.2. The minimum Gasteiger partial charge on any atom is -0.326 e. The van der Waals surface area contributed by atoms with Crippen LogP contribution in [-0.2, 0) is 9.59 Å². The predicted octanol–water partition coefficient (Wildman–Crippen LogP) is 4.65. The van der Waals surface area contributed by atoms with Crippen molar-refractivity contribution in [3.8, 4) is 0 Å². The number of aryl methyl sites for hydroxylation is 1. The molecule has 1 saturated carbocycles. The highest BCUT2D eigenvalue weighted by Gasteiger charge is 2.34. The molecule has 0 radical (unpaired) electrons. The number of amides is 2. The molecule has 1 aliphatic heterocycles. The molecule has 0 bridgehead atoms. The van der Waals surface area contributed by atoms with Crippen LogP contribution in [0, 0.1) is 18.7 Å². The Bertz CT molecular complexity index is 898. The van der Waals surface area contributed by atoms with Crippen LogP contribution in [-0.4, -0.2) is 17.6 Å². The Balaban J connectivity index is 1.59. The van der Waals surface area contributed by atoms with Gasteiger partial charge in [-0.2, -0.15) is 0 Å². The van der Waals surface area contributed by atoms with Crippen molar-refractivity contribution >= 4 is 35.0 Å². The monoisotopic (exact) mass is 384 g/mol. The maximum atomic E-state index is 14.0. The van der Waals surface area contributed by atoms with Gasteiger partial charge in [-0.3, -0.25) is 14.5 Å². The number of carbonyl (C=O) groups excluding carboxylic acids is 2. The number of benzene rings is 2. The second kappa shape index (κ2) is 7.35. The fourth-order valence-corrected chi connectivity index (χ4v) is 4.53. The third-order valence-electron chi connectivity index (χ3n) is 5.22. The van der Waals surface area contributed by atoms with E-state index in [-0.39, 0.29) is 28.9 Å². The summed E-state index contributed by atoms with van der Waals surface area (Å²) >= 11 is 1.51. The molecule has 2 aromatic carbocycles. The van der Waals surface area contributed by atoms with Crippen LogP contribution in [0.3, 0.4) is 0 Å². The van der Waals surface area contributed by atoms with Crippen LogP contribution in [0.25, 0.3) is 0 Å². The van der Waals surface area contributed by atoms with Crippen LogP contribution in [0.2, 0.25) is 0 Å². The van der Waals surface area contributed by atoms with E-state index in [9.17, 15) is 14.0 Å². The van der Waals surface area contributed by atoms with E-state index >= 15 is 0 Å². The first kappa shape index (κ1) is 18.0. The zero-order chi connectivity index (χ0) is 19.0. The van der Waals surface area contributed by atoms with Crippen LogP contribution in [0.4, 0.5) is 15.8 Å². The Kier molecular flexibility index (Phi) is 4.91. The summed E-state index contributed by atoms with van der Waals surface area (Å²) in [4.78, 5) is 26.3. The van der Waals surface area contributed by atoms with Gasteiger partial charge in [0.25, 0.3) is 0 Å². The second-order valence-electron chi connectivity index (χ2n) is 7.10. The molecule has 2 amide bonds. The molecule has 0 spiro atoms. The van der Waals surface area contributed by atoms with Crippen molar-refractivity contribution in [1.29, 1.82) is 0 Å². The number of halogens is 1. The van der Waals surface area contributed by atoms with Crippen LogP contribution in [0.1, 0.15) is 35.8 Å². The van der Waals surface area contributed by atoms with E-state index in [1.807, 2.05) is 24.3 Å². The summed E-state index contributed by atoms with van der Waals surface area (Å²) in [6.07, 6.45) is 3.01. The zero-order valence-corrected chi connectivity index (χ0v) is 15.9. The molecule has 27 heavy (non-hydrogen) atoms. The summed E-state index contributed by atoms with van der Waals surface area (Å²) in [6, 6.07) is 12.5. The Morgan fingerprint density at radius 2 is 2.04 bits per heavy atom. The lowest BCUT2D eigenvalue weighted by Gasteiger charge is -2.26. The van der Waals surface area contributed by atoms with E-state index < -0.39 is 0 Å². The van der Waals surface area contributed by atoms with Gasteiger partial charge in [-0.1, -0.05) is 24.6 Å². The first-order valence-electron chi connectivity index (χ1n) is 9.13. The molecule has 2 fully saturated rings. The summed E-state index contributed by atoms with van der Waals surface area (Å²) in [5.41, 5.74) is 2.76. The van der Waals surface area contributed by atoms with Crippen LogP contribution < -0.4 is 10.2 Å². The summed E-state index contributed by atoms with van der Waals surface area (Å²) < 4.78 is 14.0. The quantitative estimate of drug-likeness (QED) is 0.835. The fourth-order valence-electron chi connectivity index (χ4n) is 3.37. The van der Waals surface area contributed by atoms with Crippen molar-refractivity contribution in [2.45, 2.75) is 31.6 Å². The highest BCUT2D eigenvalue weighted by molar-refractivity contribution is 8.00. The van der Waals surface area contributed by atoms with E-state index in [4.69, 9.17) is 0 Å². The molecule has 1 aliphatic carbocycles. The molecule has 0 unspecified atom stereocenters. The molecule has 1 N–H and O–H groups in total. The molecule has 6 heteroatoms. The van der Waals surface area contributed by atoms with Crippen molar-refractivity contribution < 1.29 is 14.0 Å². The average Bonchev–Trinajstić information content (AvgIpc) is 2.97. The summed E-state index contributed by atoms with van der Waals surface area (Å²) in [5, 5.41) is 2.74. The average molecular weight is 384 g/mol. The molecular formula is C21H21FN2O2S. The van der Waals surface area contributed by atoms with E-state index in [0.29, 0.717) is 17.0 Å². The van der Waals surface area contributed by atoms with Crippen molar-refractivity contribution in [3.63, 3.8) is 0 Å². The number of hydrogen-bond acceptors (Lipinski definition) is 3. The molecule has 2 aromatic rings. The highest BCUT2D eigenvalue weighted by atomic mass is 32.2. The van der Waals surface area contributed by atoms with Gasteiger partial charge in [0.15, 0.2) is 0 Å². The smallest absolute Gasteiger partial charge is 0.238 e. The number of hydrogen-bond donors (Lipinski definition) is 1. The third-order valence-corrected chi connectivity index (χ3v) is 6.43. The normalized spacial score (nSPS) is 19.9. The molecule has 1 heterocycles. The third kappa shape index (κ3) is 3.58. The number of carbonyl (C=O) groups is 2. The highest BCUT2D eigenvalue weighted by Crippen LogP contribution is 2.42. The largest absolute Gasteiger partial charge is 0.326 e. The molecule has 4 nitrogen and oxygen atoms in total. The van der Waals surface area contributed by atoms with E-state index in [1.165, 1.54) is 17.8 Å². The molecule has 1 atom stereocenters. The van der Waals surface area contributed by atoms with Gasteiger partial charge in [-0.15, -0.1) is 11.8 Å². The van der Waals surface area contributed by atoms with Crippen molar-refractivity contribution in [2.24, 2.45) is 5.92 Å². The lowest BCUT2D eigenvalue weighted by Crippen LogP contribution is -2.29. The van der Waals surface area contributed by atoms with Gasteiger partial charge in [0.1, 0.15) is 11.2 Å². The van der Waals surface area contributed by atoms with Crippen molar-refractivity contribution in [3.05, 3.63) is 59.4 Å². The fraction of sp³-hybridized carbons (Fsp3) is 0.333. The number of nitrogens with one attached hydrogen (secondary N) is 1. The Hall–Kier alpha value is -2.34. The molecule has 2 aliphatic rings. The van der Waals surface area contributed by atoms with E-state index in [1.54, 1.807) is 24.0 Å². The van der Waals surface area contributed by atoms with Crippen molar-refractivity contribution in [2.75, 3.05) is 16.0 Å². The molecule has 140 valence electrons. The molecule has 1 saturated heterocycles. The first-order chi connectivity index (χ1) is 13.0. The molecular weight excluding hydrogens is 363 g/mol. The number of anilines is 2. The summed E-state index contributed by atoms with van der Waals surface area (Å²) in [7, 11) is 0. The van der Waals surface area contributed by atoms with E-state index in [0.717, 1.165) is 30.5 Å². The predicted molar refractivity (Wildman–Crippen MR) is 106 cm³/mol. The maximum absolute atomic E-state index is 14.0. The maximum Gasteiger partial charge on any atom is 0.238 e. The standard InChI is InChI=1S/C21H21FN2O2S/c1-13-8-9-17(11-18(13)22)24-19(25)12-27-21(24)15-6-3-7-16(10-15)23-20(26)14-4-2-5-14/h3,6-11,14,21H,2,4-5,12H2,1H3,(H,23,26)/t21-/m1/s1. The van der Waals surface area contributed by atoms with Gasteiger partial charge in [0.05, 0.1) is 5.75 Å². The minimum absolute atomic E-state index is 0.0443. The summed E-state index contributed by atoms with van der Waals surface area (Å²) in [5.74, 6) is 0.155. The lowest BCUT2D eigenvalue weighted by atomic mass is 9.85. The number of nitrogens with zero attached hydrogens (tertiary/aromatic N) is 1. The zero-order valence-electron chi connectivity index (χ0n) is 15.1. The van der Waals surface area contributed by atoms with Gasteiger partial charge < -0.3 is 5.32 Å². The van der Waals surface area contributed by atoms with Gasteiger partial charge in [0, 0.05) is 17.3 Å². The lowest BCUT2D eigenvalue weighted by molar-refractivity contribution is -0.122. The topological polar surface area (TPSA) is 49.4 Å². The van der Waals surface area contributed by atoms with Gasteiger partial charge in [-0.05, 0) is 55.2 Å². The second-order valence-corrected chi connectivity index (χ2v) is 8.17. The number of rotatable bonds is 4. The van der Waals surface area contributed by atoms with Gasteiger partial charge in [0.2, 0.25) is 11.8 Å². The van der Waals surface area contributed by atoms with Gasteiger partial charge >= 0.3 is 0 Å². The van der Waals surface area contributed by atoms with Crippen LogP contribution >= 0.6 is 11.8 Å². The Labute approximate surface area is 162 Å². The van der Waals surface area contributed by atoms with Crippen molar-refractivity contribution in [1.82, 2.24) is 0 Å². The van der Waals surface area contributed by atoms with E-state index in [2.05, 4.69) is 5.32 Å². The Morgan fingerprint density at radius 3 is 2.74 bits per heavy atom. The minimum atomic E-state index is -0.322. The SMILES string of the molecule is Cc1ccc(N2C(=O)CS[C@@H]2c2cccc(NC(=O)C3CCC3)c2)cc1F. The molecule has 4 rings (SSSR count). The van der Waals surface area contributed by atoms with Crippen LogP contribution in [0.15, 0.2) is 42.5 Å². The Morgan fingerprint density at radius 1 is 1.22 bits per heavy atom. The summed E-state index contributed by atoms with van der Waals surface area (Å²) in [6.45, 7) is 1.70. The van der Waals surface area contributed by atoms with Crippen LogP contribution in [0.5, 0.6) is 0 Å².